The molecule has 3 aromatic rings. The molecule has 0 spiro atoms. The van der Waals surface area contributed by atoms with Crippen LogP contribution in [0.5, 0.6) is 5.75 Å². The minimum Gasteiger partial charge on any atom is -0.507 e. The van der Waals surface area contributed by atoms with Crippen LogP contribution in [-0.4, -0.2) is 47.9 Å². The molecule has 1 amide bonds. The minimum absolute atomic E-state index is 0.0732. The Labute approximate surface area is 250 Å². The van der Waals surface area contributed by atoms with Crippen molar-refractivity contribution in [3.8, 4) is 5.75 Å². The van der Waals surface area contributed by atoms with Crippen LogP contribution < -0.4 is 4.90 Å². The van der Waals surface area contributed by atoms with Crippen molar-refractivity contribution in [2.45, 2.75) is 44.0 Å². The summed E-state index contributed by atoms with van der Waals surface area (Å²) in [6, 6.07) is 10.1. The lowest BCUT2D eigenvalue weighted by Gasteiger charge is -2.28. The zero-order chi connectivity index (χ0) is 33.1. The van der Waals surface area contributed by atoms with Crippen molar-refractivity contribution in [3.05, 3.63) is 101 Å². The number of rotatable bonds is 11. The number of phenols is 1. The second-order valence-corrected chi connectivity index (χ2v) is 12.6. The summed E-state index contributed by atoms with van der Waals surface area (Å²) >= 11 is 0. The zero-order valence-electron chi connectivity index (χ0n) is 23.9. The zero-order valence-corrected chi connectivity index (χ0v) is 24.7. The monoisotopic (exact) mass is 640 g/mol. The van der Waals surface area contributed by atoms with Crippen LogP contribution in [0.1, 0.15) is 48.7 Å². The fourth-order valence-corrected chi connectivity index (χ4v) is 5.72. The molecule has 8 nitrogen and oxygen atoms in total. The van der Waals surface area contributed by atoms with Gasteiger partial charge in [0.2, 0.25) is 21.7 Å². The number of carbonyl (C=O) groups excluding carboxylic acids is 1. The van der Waals surface area contributed by atoms with Crippen molar-refractivity contribution in [1.82, 2.24) is 4.31 Å². The number of amides is 1. The number of carboxylic acid groups (broad SMARTS) is 1. The summed E-state index contributed by atoms with van der Waals surface area (Å²) in [6.07, 6.45) is 1.04. The van der Waals surface area contributed by atoms with E-state index in [9.17, 15) is 50.2 Å². The van der Waals surface area contributed by atoms with Crippen LogP contribution in [0, 0.1) is 29.1 Å². The second-order valence-electron chi connectivity index (χ2n) is 10.8. The molecule has 0 fully saturated rings. The summed E-state index contributed by atoms with van der Waals surface area (Å²) in [4.78, 5) is 24.0. The van der Waals surface area contributed by atoms with E-state index in [1.165, 1.54) is 12.1 Å². The van der Waals surface area contributed by atoms with Gasteiger partial charge in [0.25, 0.3) is 0 Å². The van der Waals surface area contributed by atoms with Crippen LogP contribution in [0.3, 0.4) is 0 Å². The van der Waals surface area contributed by atoms with Gasteiger partial charge in [-0.05, 0) is 35.1 Å². The lowest BCUT2D eigenvalue weighted by Crippen LogP contribution is -2.43. The van der Waals surface area contributed by atoms with Crippen molar-refractivity contribution in [1.29, 1.82) is 0 Å². The number of halogens is 5. The molecular weight excluding hydrogens is 611 g/mol. The molecule has 3 aromatic carbocycles. The van der Waals surface area contributed by atoms with Gasteiger partial charge in [-0.2, -0.15) is 4.31 Å². The molecule has 44 heavy (non-hydrogen) atoms. The Balaban J connectivity index is 2.14. The summed E-state index contributed by atoms with van der Waals surface area (Å²) in [7, 11) is -5.52. The largest absolute Gasteiger partial charge is 0.507 e. The van der Waals surface area contributed by atoms with E-state index >= 15 is 0 Å². The maximum atomic E-state index is 14.6. The molecule has 0 bridgehead atoms. The third-order valence-corrected chi connectivity index (χ3v) is 8.49. The normalized spacial score (nSPS) is 11.9. The van der Waals surface area contributed by atoms with Gasteiger partial charge in [-0.15, -0.1) is 6.58 Å². The third-order valence-electron chi connectivity index (χ3n) is 6.62. The number of carboxylic acids is 1. The van der Waals surface area contributed by atoms with Gasteiger partial charge >= 0.3 is 5.97 Å². The van der Waals surface area contributed by atoms with E-state index < -0.39 is 80.3 Å². The molecule has 0 aromatic heterocycles. The molecule has 14 heteroatoms. The second kappa shape index (κ2) is 13.1. The van der Waals surface area contributed by atoms with E-state index in [2.05, 4.69) is 6.58 Å². The molecule has 3 rings (SSSR count). The minimum atomic E-state index is -5.52. The number of hydrogen-bond acceptors (Lipinski definition) is 5. The van der Waals surface area contributed by atoms with Crippen molar-refractivity contribution in [3.63, 3.8) is 0 Å². The van der Waals surface area contributed by atoms with Gasteiger partial charge in [0, 0.05) is 18.3 Å². The smallest absolute Gasteiger partial charge is 0.339 e. The molecule has 0 aliphatic carbocycles. The van der Waals surface area contributed by atoms with Crippen LogP contribution in [0.4, 0.5) is 27.6 Å². The number of aromatic hydroxyl groups is 1. The van der Waals surface area contributed by atoms with Crippen LogP contribution in [-0.2, 0) is 26.8 Å². The van der Waals surface area contributed by atoms with Crippen molar-refractivity contribution in [2.75, 3.05) is 18.0 Å². The Bertz CT molecular complexity index is 1690. The molecule has 0 aliphatic heterocycles. The number of aromatic carboxylic acids is 1. The van der Waals surface area contributed by atoms with Gasteiger partial charge in [0.1, 0.15) is 11.3 Å². The van der Waals surface area contributed by atoms with Crippen molar-refractivity contribution in [2.24, 2.45) is 0 Å². The van der Waals surface area contributed by atoms with E-state index in [0.717, 1.165) is 22.6 Å². The van der Waals surface area contributed by atoms with Gasteiger partial charge in [0.05, 0.1) is 13.1 Å². The van der Waals surface area contributed by atoms with Gasteiger partial charge in [-0.1, -0.05) is 51.1 Å². The molecular formula is C30H29F5N2O6S. The highest BCUT2D eigenvalue weighted by Gasteiger charge is 2.38. The number of hydrogen-bond donors (Lipinski definition) is 2. The summed E-state index contributed by atoms with van der Waals surface area (Å²) in [5.41, 5.74) is 0.532. The lowest BCUT2D eigenvalue weighted by atomic mass is 9.86. The highest BCUT2D eigenvalue weighted by atomic mass is 32.2. The van der Waals surface area contributed by atoms with E-state index in [4.69, 9.17) is 0 Å². The summed E-state index contributed by atoms with van der Waals surface area (Å²) in [5, 5.41) is 19.6. The number of nitrogens with zero attached hydrogens (tertiary/aromatic N) is 2. The molecule has 0 radical (unpaired) electrons. The Hall–Kier alpha value is -4.30. The lowest BCUT2D eigenvalue weighted by molar-refractivity contribution is -0.119. The average molecular weight is 641 g/mol. The summed E-state index contributed by atoms with van der Waals surface area (Å²) in [6.45, 7) is 7.24. The standard InChI is InChI=1S/C30H29F5N2O6S/c1-5-6-12-36(44(42,43)28-26(34)24(32)23(31)25(33)27(28)35)16-22(39)37(19-10-11-20(29(40)41)21(38)14-19)15-17-8-7-9-18(13-17)30(2,3)4/h5,7-11,13-14,38H,1,6,12,15-16H2,2-4H3,(H,40,41). The van der Waals surface area contributed by atoms with Crippen LogP contribution in [0.25, 0.3) is 0 Å². The number of anilines is 1. The summed E-state index contributed by atoms with van der Waals surface area (Å²) in [5.74, 6) is -15.9. The molecule has 0 aliphatic rings. The first-order valence-electron chi connectivity index (χ1n) is 13.0. The first-order valence-corrected chi connectivity index (χ1v) is 14.4. The summed E-state index contributed by atoms with van der Waals surface area (Å²) < 4.78 is 97.7. The average Bonchev–Trinajstić information content (AvgIpc) is 2.95. The van der Waals surface area contributed by atoms with Gasteiger partial charge in [-0.3, -0.25) is 4.79 Å². The van der Waals surface area contributed by atoms with E-state index in [-0.39, 0.29) is 28.4 Å². The van der Waals surface area contributed by atoms with Gasteiger partial charge in [0.15, 0.2) is 28.2 Å². The highest BCUT2D eigenvalue weighted by molar-refractivity contribution is 7.89. The maximum Gasteiger partial charge on any atom is 0.339 e. The SMILES string of the molecule is C=CCCN(CC(=O)N(Cc1cccc(C(C)(C)C)c1)c1ccc(C(=O)O)c(O)c1)S(=O)(=O)c1c(F)c(F)c(F)c(F)c1F. The Morgan fingerprint density at radius 3 is 2.05 bits per heavy atom. The van der Waals surface area contributed by atoms with Crippen molar-refractivity contribution < 1.29 is 50.2 Å². The fourth-order valence-electron chi connectivity index (χ4n) is 4.21. The highest BCUT2D eigenvalue weighted by Crippen LogP contribution is 2.31. The van der Waals surface area contributed by atoms with Crippen molar-refractivity contribution >= 4 is 27.6 Å². The van der Waals surface area contributed by atoms with E-state index in [1.54, 1.807) is 18.2 Å². The Morgan fingerprint density at radius 1 is 0.932 bits per heavy atom. The predicted molar refractivity (Wildman–Crippen MR) is 151 cm³/mol. The van der Waals surface area contributed by atoms with E-state index in [1.807, 2.05) is 26.8 Å². The molecule has 0 heterocycles. The molecule has 0 saturated heterocycles. The van der Waals surface area contributed by atoms with Crippen LogP contribution >= 0.6 is 0 Å². The van der Waals surface area contributed by atoms with E-state index in [0.29, 0.717) is 5.56 Å². The van der Waals surface area contributed by atoms with Crippen LogP contribution in [0.15, 0.2) is 60.0 Å². The number of carbonyl (C=O) groups is 2. The quantitative estimate of drug-likeness (QED) is 0.117. The topological polar surface area (TPSA) is 115 Å². The molecule has 2 N–H and O–H groups in total. The number of benzene rings is 3. The van der Waals surface area contributed by atoms with Gasteiger partial charge in [-0.25, -0.2) is 35.2 Å². The molecule has 0 saturated carbocycles. The fraction of sp³-hybridized carbons (Fsp3) is 0.267. The van der Waals surface area contributed by atoms with Crippen LogP contribution in [0.2, 0.25) is 0 Å². The third kappa shape index (κ3) is 7.08. The maximum absolute atomic E-state index is 14.6. The first kappa shape index (κ1) is 34.2. The predicted octanol–water partition coefficient (Wildman–Crippen LogP) is 5.88. The van der Waals surface area contributed by atoms with Gasteiger partial charge < -0.3 is 15.1 Å². The Morgan fingerprint density at radius 2 is 1.52 bits per heavy atom. The Kier molecular flexibility index (Phi) is 10.2. The molecule has 0 unspecified atom stereocenters. The first-order chi connectivity index (χ1) is 20.4. The number of sulfonamides is 1. The molecule has 0 atom stereocenters. The molecule has 236 valence electrons.